The first kappa shape index (κ1) is 17.5. The summed E-state index contributed by atoms with van der Waals surface area (Å²) in [5.41, 5.74) is 3.15. The number of methoxy groups -OCH3 is 1. The minimum absolute atomic E-state index is 0.142. The van der Waals surface area contributed by atoms with Gasteiger partial charge < -0.3 is 19.8 Å². The summed E-state index contributed by atoms with van der Waals surface area (Å²) < 4.78 is 5.17. The molecule has 0 heterocycles. The van der Waals surface area contributed by atoms with E-state index in [-0.39, 0.29) is 6.61 Å². The lowest BCUT2D eigenvalue weighted by Crippen LogP contribution is -2.24. The van der Waals surface area contributed by atoms with Crippen LogP contribution in [0, 0.1) is 0 Å². The second-order valence-corrected chi connectivity index (χ2v) is 5.68. The molecule has 0 radical (unpaired) electrons. The molecule has 0 saturated carbocycles. The van der Waals surface area contributed by atoms with Crippen LogP contribution >= 0.6 is 0 Å². The van der Waals surface area contributed by atoms with E-state index in [9.17, 15) is 5.11 Å². The van der Waals surface area contributed by atoms with E-state index in [0.29, 0.717) is 13.0 Å². The number of rotatable bonds is 8. The highest BCUT2D eigenvalue weighted by Gasteiger charge is 2.09. The molecule has 0 spiro atoms. The molecule has 0 amide bonds. The molecular weight excluding hydrogens is 290 g/mol. The highest BCUT2D eigenvalue weighted by Crippen LogP contribution is 2.25. The molecule has 1 unspecified atom stereocenters. The lowest BCUT2D eigenvalue weighted by Gasteiger charge is -2.18. The number of hydrogen-bond acceptors (Lipinski definition) is 4. The van der Waals surface area contributed by atoms with Gasteiger partial charge in [-0.25, -0.2) is 0 Å². The highest BCUT2D eigenvalue weighted by molar-refractivity contribution is 5.64. The second kappa shape index (κ2) is 8.67. The van der Waals surface area contributed by atoms with Crippen LogP contribution in [-0.4, -0.2) is 49.0 Å². The summed E-state index contributed by atoms with van der Waals surface area (Å²) in [6.45, 7) is 1.52. The number of aliphatic hydroxyl groups excluding tert-OH is 2. The zero-order chi connectivity index (χ0) is 16.7. The number of aliphatic hydroxyl groups is 2. The first-order chi connectivity index (χ1) is 11.1. The number of hydrogen-bond donors (Lipinski definition) is 2. The summed E-state index contributed by atoms with van der Waals surface area (Å²) in [4.78, 5) is 2.01. The first-order valence-corrected chi connectivity index (χ1v) is 7.86. The lowest BCUT2D eigenvalue weighted by atomic mass is 10.0. The topological polar surface area (TPSA) is 52.9 Å². The maximum Gasteiger partial charge on any atom is 0.118 e. The molecule has 0 fully saturated rings. The largest absolute Gasteiger partial charge is 0.497 e. The standard InChI is InChI=1S/C19H25NO3/c1-20(13-14-21)12-11-19(22)17-5-3-15(4-6-17)16-7-9-18(23-2)10-8-16/h3-10,19,21-22H,11-14H2,1-2H3. The van der Waals surface area contributed by atoms with E-state index >= 15 is 0 Å². The Balaban J connectivity index is 1.97. The van der Waals surface area contributed by atoms with Crippen molar-refractivity contribution in [3.05, 3.63) is 54.1 Å². The van der Waals surface area contributed by atoms with Gasteiger partial charge in [-0.1, -0.05) is 36.4 Å². The van der Waals surface area contributed by atoms with Crippen LogP contribution in [0.15, 0.2) is 48.5 Å². The molecule has 23 heavy (non-hydrogen) atoms. The number of likely N-dealkylation sites (N-methyl/N-ethyl adjacent to an activating group) is 1. The second-order valence-electron chi connectivity index (χ2n) is 5.68. The van der Waals surface area contributed by atoms with Crippen LogP contribution in [0.1, 0.15) is 18.1 Å². The van der Waals surface area contributed by atoms with Gasteiger partial charge in [0.1, 0.15) is 5.75 Å². The molecule has 0 aromatic heterocycles. The quantitative estimate of drug-likeness (QED) is 0.786. The minimum Gasteiger partial charge on any atom is -0.497 e. The molecular formula is C19H25NO3. The number of ether oxygens (including phenoxy) is 1. The van der Waals surface area contributed by atoms with Crippen LogP contribution in [0.25, 0.3) is 11.1 Å². The van der Waals surface area contributed by atoms with Gasteiger partial charge in [0.2, 0.25) is 0 Å². The summed E-state index contributed by atoms with van der Waals surface area (Å²) in [6.07, 6.45) is 0.166. The van der Waals surface area contributed by atoms with Gasteiger partial charge in [0.15, 0.2) is 0 Å². The average Bonchev–Trinajstić information content (AvgIpc) is 2.60. The molecule has 0 aliphatic carbocycles. The molecule has 2 N–H and O–H groups in total. The van der Waals surface area contributed by atoms with Crippen molar-refractivity contribution in [2.24, 2.45) is 0 Å². The van der Waals surface area contributed by atoms with Crippen molar-refractivity contribution in [1.29, 1.82) is 0 Å². The van der Waals surface area contributed by atoms with Gasteiger partial charge in [-0.05, 0) is 42.3 Å². The zero-order valence-corrected chi connectivity index (χ0v) is 13.8. The maximum absolute atomic E-state index is 10.3. The van der Waals surface area contributed by atoms with E-state index < -0.39 is 6.10 Å². The summed E-state index contributed by atoms with van der Waals surface area (Å²) in [5, 5.41) is 19.1. The van der Waals surface area contributed by atoms with Crippen LogP contribution in [-0.2, 0) is 0 Å². The van der Waals surface area contributed by atoms with Crippen LogP contribution in [0.5, 0.6) is 5.75 Å². The third-order valence-electron chi connectivity index (χ3n) is 3.98. The first-order valence-electron chi connectivity index (χ1n) is 7.86. The van der Waals surface area contributed by atoms with Gasteiger partial charge in [0.05, 0.1) is 19.8 Å². The van der Waals surface area contributed by atoms with E-state index in [1.807, 2.05) is 60.5 Å². The number of benzene rings is 2. The van der Waals surface area contributed by atoms with Crippen molar-refractivity contribution in [3.8, 4) is 16.9 Å². The van der Waals surface area contributed by atoms with Crippen molar-refractivity contribution in [2.75, 3.05) is 33.9 Å². The van der Waals surface area contributed by atoms with Gasteiger partial charge in [-0.2, -0.15) is 0 Å². The molecule has 2 aromatic carbocycles. The van der Waals surface area contributed by atoms with Crippen molar-refractivity contribution in [3.63, 3.8) is 0 Å². The van der Waals surface area contributed by atoms with Crippen molar-refractivity contribution >= 4 is 0 Å². The highest BCUT2D eigenvalue weighted by atomic mass is 16.5. The normalized spacial score (nSPS) is 12.4. The van der Waals surface area contributed by atoms with Gasteiger partial charge in [-0.3, -0.25) is 0 Å². The van der Waals surface area contributed by atoms with Gasteiger partial charge >= 0.3 is 0 Å². The fraction of sp³-hybridized carbons (Fsp3) is 0.368. The van der Waals surface area contributed by atoms with Crippen LogP contribution in [0.4, 0.5) is 0 Å². The molecule has 0 aliphatic rings. The third kappa shape index (κ3) is 5.06. The average molecular weight is 315 g/mol. The van der Waals surface area contributed by atoms with Crippen molar-refractivity contribution in [1.82, 2.24) is 4.90 Å². The Bertz CT molecular complexity index is 581. The molecule has 4 nitrogen and oxygen atoms in total. The van der Waals surface area contributed by atoms with Gasteiger partial charge in [0, 0.05) is 13.1 Å². The molecule has 0 saturated heterocycles. The lowest BCUT2D eigenvalue weighted by molar-refractivity contribution is 0.141. The van der Waals surface area contributed by atoms with E-state index in [1.54, 1.807) is 7.11 Å². The predicted molar refractivity (Wildman–Crippen MR) is 92.6 cm³/mol. The Kier molecular flexibility index (Phi) is 6.59. The van der Waals surface area contributed by atoms with Crippen molar-refractivity contribution < 1.29 is 14.9 Å². The van der Waals surface area contributed by atoms with E-state index in [4.69, 9.17) is 9.84 Å². The van der Waals surface area contributed by atoms with E-state index in [2.05, 4.69) is 0 Å². The van der Waals surface area contributed by atoms with Crippen LogP contribution < -0.4 is 4.74 Å². The smallest absolute Gasteiger partial charge is 0.118 e. The van der Waals surface area contributed by atoms with Crippen LogP contribution in [0.2, 0.25) is 0 Å². The summed E-state index contributed by atoms with van der Waals surface area (Å²) in [7, 11) is 3.60. The fourth-order valence-corrected chi connectivity index (χ4v) is 2.47. The number of nitrogens with zero attached hydrogens (tertiary/aromatic N) is 1. The van der Waals surface area contributed by atoms with Gasteiger partial charge in [0.25, 0.3) is 0 Å². The molecule has 4 heteroatoms. The summed E-state index contributed by atoms with van der Waals surface area (Å²) >= 11 is 0. The van der Waals surface area contributed by atoms with E-state index in [0.717, 1.165) is 29.0 Å². The monoisotopic (exact) mass is 315 g/mol. The van der Waals surface area contributed by atoms with Gasteiger partial charge in [-0.15, -0.1) is 0 Å². The van der Waals surface area contributed by atoms with Crippen LogP contribution in [0.3, 0.4) is 0 Å². The Morgan fingerprint density at radius 3 is 2.04 bits per heavy atom. The van der Waals surface area contributed by atoms with E-state index in [1.165, 1.54) is 0 Å². The maximum atomic E-state index is 10.3. The SMILES string of the molecule is COc1ccc(-c2ccc(C(O)CCN(C)CCO)cc2)cc1. The summed E-state index contributed by atoms with van der Waals surface area (Å²) in [6, 6.07) is 15.9. The molecule has 2 rings (SSSR count). The molecule has 1 atom stereocenters. The minimum atomic E-state index is -0.485. The fourth-order valence-electron chi connectivity index (χ4n) is 2.47. The summed E-state index contributed by atoms with van der Waals surface area (Å²) in [5.74, 6) is 0.841. The Hall–Kier alpha value is -1.88. The molecule has 124 valence electrons. The molecule has 2 aromatic rings. The Morgan fingerprint density at radius 2 is 1.52 bits per heavy atom. The third-order valence-corrected chi connectivity index (χ3v) is 3.98. The zero-order valence-electron chi connectivity index (χ0n) is 13.8. The Morgan fingerprint density at radius 1 is 0.957 bits per heavy atom. The predicted octanol–water partition coefficient (Wildman–Crippen LogP) is 2.71. The molecule has 0 aliphatic heterocycles. The van der Waals surface area contributed by atoms with Crippen molar-refractivity contribution in [2.45, 2.75) is 12.5 Å². The Labute approximate surface area is 138 Å². The molecule has 0 bridgehead atoms.